The second kappa shape index (κ2) is 7.70. The lowest BCUT2D eigenvalue weighted by molar-refractivity contribution is 0.102. The van der Waals surface area contributed by atoms with E-state index in [0.29, 0.717) is 17.9 Å². The van der Waals surface area contributed by atoms with Crippen LogP contribution in [0.2, 0.25) is 0 Å². The van der Waals surface area contributed by atoms with Crippen molar-refractivity contribution in [1.82, 2.24) is 9.97 Å². The van der Waals surface area contributed by atoms with Gasteiger partial charge in [0.05, 0.1) is 17.9 Å². The van der Waals surface area contributed by atoms with Crippen LogP contribution >= 0.6 is 15.9 Å². The zero-order valence-electron chi connectivity index (χ0n) is 12.7. The molecular weight excluding hydrogens is 368 g/mol. The molecule has 0 bridgehead atoms. The molecule has 0 aliphatic rings. The minimum atomic E-state index is -0.261. The molecule has 5 nitrogen and oxygen atoms in total. The van der Waals surface area contributed by atoms with Gasteiger partial charge in [0.15, 0.2) is 0 Å². The van der Waals surface area contributed by atoms with E-state index < -0.39 is 0 Å². The molecule has 3 rings (SSSR count). The quantitative estimate of drug-likeness (QED) is 0.696. The molecule has 2 heterocycles. The van der Waals surface area contributed by atoms with Crippen molar-refractivity contribution in [1.29, 1.82) is 0 Å². The first kappa shape index (κ1) is 16.1. The molecule has 1 amide bonds. The van der Waals surface area contributed by atoms with E-state index >= 15 is 0 Å². The van der Waals surface area contributed by atoms with Crippen LogP contribution in [0.3, 0.4) is 0 Å². The predicted molar refractivity (Wildman–Crippen MR) is 97.9 cm³/mol. The number of para-hydroxylation sites is 1. The molecule has 0 spiro atoms. The Balaban J connectivity index is 1.68. The molecule has 2 N–H and O–H groups in total. The van der Waals surface area contributed by atoms with Crippen LogP contribution in [0.25, 0.3) is 0 Å². The summed E-state index contributed by atoms with van der Waals surface area (Å²) in [5, 5.41) is 6.08. The third-order valence-corrected chi connectivity index (χ3v) is 4.01. The number of aromatic nitrogens is 2. The standard InChI is InChI=1S/C18H15BrN4O/c19-15-6-1-2-7-16(15)23-18(24)17-11-13(8-10-21-17)22-12-14-5-3-4-9-20-14/h1-11H,12H2,(H,21,22)(H,23,24). The van der Waals surface area contributed by atoms with Gasteiger partial charge < -0.3 is 10.6 Å². The summed E-state index contributed by atoms with van der Waals surface area (Å²) in [4.78, 5) is 20.7. The van der Waals surface area contributed by atoms with Crippen LogP contribution in [0.1, 0.15) is 16.2 Å². The fourth-order valence-corrected chi connectivity index (χ4v) is 2.49. The molecule has 0 radical (unpaired) electrons. The Bertz CT molecular complexity index is 839. The summed E-state index contributed by atoms with van der Waals surface area (Å²) in [6, 6.07) is 16.7. The normalized spacial score (nSPS) is 10.2. The molecule has 0 aliphatic carbocycles. The van der Waals surface area contributed by atoms with Gasteiger partial charge in [-0.3, -0.25) is 14.8 Å². The van der Waals surface area contributed by atoms with Crippen LogP contribution in [-0.2, 0) is 6.54 Å². The number of benzene rings is 1. The average molecular weight is 383 g/mol. The van der Waals surface area contributed by atoms with Gasteiger partial charge in [0.2, 0.25) is 0 Å². The zero-order chi connectivity index (χ0) is 16.8. The van der Waals surface area contributed by atoms with Gasteiger partial charge in [-0.25, -0.2) is 0 Å². The minimum Gasteiger partial charge on any atom is -0.379 e. The fourth-order valence-electron chi connectivity index (χ4n) is 2.11. The Morgan fingerprint density at radius 3 is 2.62 bits per heavy atom. The Labute approximate surface area is 148 Å². The van der Waals surface area contributed by atoms with Crippen molar-refractivity contribution >= 4 is 33.2 Å². The van der Waals surface area contributed by atoms with Gasteiger partial charge in [0, 0.05) is 22.6 Å². The van der Waals surface area contributed by atoms with Crippen LogP contribution in [0, 0.1) is 0 Å². The van der Waals surface area contributed by atoms with E-state index in [1.165, 1.54) is 0 Å². The van der Waals surface area contributed by atoms with Crippen LogP contribution < -0.4 is 10.6 Å². The summed E-state index contributed by atoms with van der Waals surface area (Å²) in [7, 11) is 0. The zero-order valence-corrected chi connectivity index (χ0v) is 14.3. The van der Waals surface area contributed by atoms with Crippen molar-refractivity contribution in [2.75, 3.05) is 10.6 Å². The van der Waals surface area contributed by atoms with Crippen molar-refractivity contribution in [3.63, 3.8) is 0 Å². The van der Waals surface area contributed by atoms with Gasteiger partial charge in [0.25, 0.3) is 5.91 Å². The van der Waals surface area contributed by atoms with E-state index in [-0.39, 0.29) is 5.91 Å². The molecule has 0 saturated heterocycles. The van der Waals surface area contributed by atoms with Crippen molar-refractivity contribution in [3.8, 4) is 0 Å². The van der Waals surface area contributed by atoms with E-state index in [1.807, 2.05) is 48.5 Å². The highest BCUT2D eigenvalue weighted by Crippen LogP contribution is 2.22. The lowest BCUT2D eigenvalue weighted by atomic mass is 10.2. The van der Waals surface area contributed by atoms with Gasteiger partial charge in [-0.2, -0.15) is 0 Å². The fraction of sp³-hybridized carbons (Fsp3) is 0.0556. The smallest absolute Gasteiger partial charge is 0.274 e. The van der Waals surface area contributed by atoms with Crippen molar-refractivity contribution in [3.05, 3.63) is 82.9 Å². The molecule has 2 aromatic heterocycles. The van der Waals surface area contributed by atoms with Crippen LogP contribution in [-0.4, -0.2) is 15.9 Å². The largest absolute Gasteiger partial charge is 0.379 e. The van der Waals surface area contributed by atoms with Crippen molar-refractivity contribution < 1.29 is 4.79 Å². The maximum atomic E-state index is 12.4. The first-order valence-corrected chi connectivity index (χ1v) is 8.17. The third kappa shape index (κ3) is 4.17. The monoisotopic (exact) mass is 382 g/mol. The van der Waals surface area contributed by atoms with E-state index in [1.54, 1.807) is 18.5 Å². The second-order valence-electron chi connectivity index (χ2n) is 5.04. The molecule has 1 aromatic carbocycles. The minimum absolute atomic E-state index is 0.261. The predicted octanol–water partition coefficient (Wildman–Crippen LogP) is 4.10. The molecule has 0 unspecified atom stereocenters. The lowest BCUT2D eigenvalue weighted by Crippen LogP contribution is -2.14. The van der Waals surface area contributed by atoms with Gasteiger partial charge >= 0.3 is 0 Å². The van der Waals surface area contributed by atoms with E-state index in [4.69, 9.17) is 0 Å². The number of hydrogen-bond donors (Lipinski definition) is 2. The molecule has 6 heteroatoms. The van der Waals surface area contributed by atoms with Crippen molar-refractivity contribution in [2.45, 2.75) is 6.54 Å². The second-order valence-corrected chi connectivity index (χ2v) is 5.89. The average Bonchev–Trinajstić information content (AvgIpc) is 2.63. The molecule has 0 atom stereocenters. The summed E-state index contributed by atoms with van der Waals surface area (Å²) in [5.41, 5.74) is 2.79. The van der Waals surface area contributed by atoms with E-state index in [9.17, 15) is 4.79 Å². The summed E-state index contributed by atoms with van der Waals surface area (Å²) in [6.07, 6.45) is 3.36. The summed E-state index contributed by atoms with van der Waals surface area (Å²) in [6.45, 7) is 0.580. The molecule has 0 aliphatic heterocycles. The topological polar surface area (TPSA) is 66.9 Å². The number of carbonyl (C=O) groups is 1. The number of anilines is 2. The maximum absolute atomic E-state index is 12.4. The highest BCUT2D eigenvalue weighted by Gasteiger charge is 2.10. The molecule has 24 heavy (non-hydrogen) atoms. The summed E-state index contributed by atoms with van der Waals surface area (Å²) in [5.74, 6) is -0.261. The first-order valence-electron chi connectivity index (χ1n) is 7.38. The van der Waals surface area contributed by atoms with Crippen LogP contribution in [0.15, 0.2) is 71.5 Å². The van der Waals surface area contributed by atoms with Crippen LogP contribution in [0.4, 0.5) is 11.4 Å². The van der Waals surface area contributed by atoms with Gasteiger partial charge in [-0.1, -0.05) is 18.2 Å². The Hall–Kier alpha value is -2.73. The lowest BCUT2D eigenvalue weighted by Gasteiger charge is -2.09. The number of pyridine rings is 2. The number of carbonyl (C=O) groups excluding carboxylic acids is 1. The van der Waals surface area contributed by atoms with Gasteiger partial charge in [-0.05, 0) is 52.3 Å². The van der Waals surface area contributed by atoms with E-state index in [2.05, 4.69) is 36.5 Å². The number of nitrogens with one attached hydrogen (secondary N) is 2. The third-order valence-electron chi connectivity index (χ3n) is 3.31. The molecule has 120 valence electrons. The number of nitrogens with zero attached hydrogens (tertiary/aromatic N) is 2. The number of amides is 1. The summed E-state index contributed by atoms with van der Waals surface area (Å²) < 4.78 is 0.822. The van der Waals surface area contributed by atoms with Gasteiger partial charge in [-0.15, -0.1) is 0 Å². The van der Waals surface area contributed by atoms with Crippen molar-refractivity contribution in [2.24, 2.45) is 0 Å². The Morgan fingerprint density at radius 1 is 1.00 bits per heavy atom. The van der Waals surface area contributed by atoms with Gasteiger partial charge in [0.1, 0.15) is 5.69 Å². The highest BCUT2D eigenvalue weighted by atomic mass is 79.9. The SMILES string of the molecule is O=C(Nc1ccccc1Br)c1cc(NCc2ccccn2)ccn1. The summed E-state index contributed by atoms with van der Waals surface area (Å²) >= 11 is 3.41. The van der Waals surface area contributed by atoms with Crippen LogP contribution in [0.5, 0.6) is 0 Å². The number of halogens is 1. The molecule has 0 saturated carbocycles. The highest BCUT2D eigenvalue weighted by molar-refractivity contribution is 9.10. The Kier molecular flexibility index (Phi) is 5.18. The number of rotatable bonds is 5. The molecule has 0 fully saturated rings. The first-order chi connectivity index (χ1) is 11.7. The molecular formula is C18H15BrN4O. The van der Waals surface area contributed by atoms with E-state index in [0.717, 1.165) is 15.9 Å². The number of hydrogen-bond acceptors (Lipinski definition) is 4. The maximum Gasteiger partial charge on any atom is 0.274 e. The Morgan fingerprint density at radius 2 is 1.83 bits per heavy atom. The molecule has 3 aromatic rings.